The molecule has 0 N–H and O–H groups in total. The van der Waals surface area contributed by atoms with Crippen LogP contribution in [0.5, 0.6) is 0 Å². The second-order valence-corrected chi connectivity index (χ2v) is 9.12. The quantitative estimate of drug-likeness (QED) is 0.353. The first-order valence-corrected chi connectivity index (χ1v) is 11.7. The molecule has 4 aromatic rings. The Morgan fingerprint density at radius 2 is 2.06 bits per heavy atom. The number of hydrogen-bond acceptors (Lipinski definition) is 7. The molecule has 0 aliphatic heterocycles. The molecule has 0 saturated carbocycles. The fourth-order valence-electron chi connectivity index (χ4n) is 3.11. The number of aryl methyl sites for hydroxylation is 2. The summed E-state index contributed by atoms with van der Waals surface area (Å²) in [6.45, 7) is 5.58. The molecular formula is C21H19ClN6OS2. The van der Waals surface area contributed by atoms with Crippen molar-refractivity contribution in [1.82, 2.24) is 25.2 Å². The summed E-state index contributed by atoms with van der Waals surface area (Å²) in [6.07, 6.45) is 0. The first-order chi connectivity index (χ1) is 14.9. The number of thiazole rings is 1. The average molecular weight is 471 g/mol. The van der Waals surface area contributed by atoms with Gasteiger partial charge in [-0.05, 0) is 54.1 Å². The van der Waals surface area contributed by atoms with Crippen molar-refractivity contribution in [3.05, 3.63) is 69.7 Å². The van der Waals surface area contributed by atoms with Crippen molar-refractivity contribution in [3.63, 3.8) is 0 Å². The molecule has 0 bridgehead atoms. The van der Waals surface area contributed by atoms with E-state index in [4.69, 9.17) is 16.6 Å². The maximum Gasteiger partial charge on any atom is 0.230 e. The maximum absolute atomic E-state index is 12.4. The molecule has 0 spiro atoms. The maximum atomic E-state index is 12.4. The van der Waals surface area contributed by atoms with Crippen molar-refractivity contribution in [1.29, 1.82) is 0 Å². The van der Waals surface area contributed by atoms with E-state index in [9.17, 15) is 4.79 Å². The van der Waals surface area contributed by atoms with Gasteiger partial charge in [-0.2, -0.15) is 4.68 Å². The molecule has 0 unspecified atom stereocenters. The standard InChI is InChI=1S/C21H19ClN6OS2/c1-13-7-8-19(14(2)9-13)27(15(3)29)20-23-17(11-30-20)12-31-21-24-25-26-28(21)18-6-4-5-16(22)10-18/h4-11H,12H2,1-3H3. The third kappa shape index (κ3) is 4.79. The van der Waals surface area contributed by atoms with Gasteiger partial charge in [-0.3, -0.25) is 9.69 Å². The van der Waals surface area contributed by atoms with Gasteiger partial charge in [-0.1, -0.05) is 47.1 Å². The van der Waals surface area contributed by atoms with Crippen LogP contribution in [0.3, 0.4) is 0 Å². The third-order valence-electron chi connectivity index (χ3n) is 4.48. The summed E-state index contributed by atoms with van der Waals surface area (Å²) in [4.78, 5) is 18.8. The SMILES string of the molecule is CC(=O)N(c1nc(CSc2nnnn2-c2cccc(Cl)c2)cs1)c1ccc(C)cc1C. The van der Waals surface area contributed by atoms with Crippen LogP contribution < -0.4 is 4.90 Å². The van der Waals surface area contributed by atoms with Gasteiger partial charge < -0.3 is 0 Å². The van der Waals surface area contributed by atoms with E-state index in [1.54, 1.807) is 28.6 Å². The Morgan fingerprint density at radius 3 is 2.81 bits per heavy atom. The number of thioether (sulfide) groups is 1. The average Bonchev–Trinajstić information content (AvgIpc) is 3.37. The van der Waals surface area contributed by atoms with Crippen LogP contribution >= 0.6 is 34.7 Å². The van der Waals surface area contributed by atoms with E-state index in [1.165, 1.54) is 23.1 Å². The molecular weight excluding hydrogens is 452 g/mol. The van der Waals surface area contributed by atoms with Crippen molar-refractivity contribution in [2.45, 2.75) is 31.7 Å². The fraction of sp³-hybridized carbons (Fsp3) is 0.190. The first kappa shape index (κ1) is 21.5. The molecule has 0 fully saturated rings. The van der Waals surface area contributed by atoms with Crippen molar-refractivity contribution in [2.24, 2.45) is 0 Å². The predicted molar refractivity (Wildman–Crippen MR) is 125 cm³/mol. The van der Waals surface area contributed by atoms with Gasteiger partial charge in [-0.15, -0.1) is 16.4 Å². The highest BCUT2D eigenvalue weighted by atomic mass is 35.5. The number of amides is 1. The zero-order valence-electron chi connectivity index (χ0n) is 17.1. The van der Waals surface area contributed by atoms with Crippen LogP contribution in [-0.4, -0.2) is 31.1 Å². The summed E-state index contributed by atoms with van der Waals surface area (Å²) in [5.41, 5.74) is 4.66. The summed E-state index contributed by atoms with van der Waals surface area (Å²) < 4.78 is 1.64. The van der Waals surface area contributed by atoms with E-state index in [-0.39, 0.29) is 5.91 Å². The number of tetrazole rings is 1. The van der Waals surface area contributed by atoms with Crippen LogP contribution in [0.4, 0.5) is 10.8 Å². The molecule has 0 atom stereocenters. The lowest BCUT2D eigenvalue weighted by Gasteiger charge is -2.20. The molecule has 4 rings (SSSR count). The van der Waals surface area contributed by atoms with Gasteiger partial charge in [0.25, 0.3) is 0 Å². The van der Waals surface area contributed by atoms with Crippen LogP contribution in [0.1, 0.15) is 23.7 Å². The number of rotatable bonds is 6. The molecule has 7 nitrogen and oxygen atoms in total. The Hall–Kier alpha value is -2.75. The van der Waals surface area contributed by atoms with E-state index >= 15 is 0 Å². The minimum Gasteiger partial charge on any atom is -0.274 e. The zero-order valence-corrected chi connectivity index (χ0v) is 19.5. The number of carbonyl (C=O) groups excluding carboxylic acids is 1. The number of nitrogens with zero attached hydrogens (tertiary/aromatic N) is 6. The van der Waals surface area contributed by atoms with E-state index in [0.717, 1.165) is 28.2 Å². The van der Waals surface area contributed by atoms with E-state index < -0.39 is 0 Å². The molecule has 0 radical (unpaired) electrons. The highest BCUT2D eigenvalue weighted by Gasteiger charge is 2.20. The van der Waals surface area contributed by atoms with Crippen LogP contribution in [0.25, 0.3) is 5.69 Å². The first-order valence-electron chi connectivity index (χ1n) is 9.42. The molecule has 31 heavy (non-hydrogen) atoms. The minimum atomic E-state index is -0.0783. The summed E-state index contributed by atoms with van der Waals surface area (Å²) in [7, 11) is 0. The van der Waals surface area contributed by atoms with Gasteiger partial charge in [0, 0.05) is 23.1 Å². The molecule has 10 heteroatoms. The summed E-state index contributed by atoms with van der Waals surface area (Å²) in [5, 5.41) is 15.8. The van der Waals surface area contributed by atoms with Gasteiger partial charge in [0.05, 0.1) is 17.1 Å². The van der Waals surface area contributed by atoms with Crippen LogP contribution in [0.15, 0.2) is 53.0 Å². The highest BCUT2D eigenvalue weighted by Crippen LogP contribution is 2.33. The second kappa shape index (κ2) is 9.17. The van der Waals surface area contributed by atoms with Gasteiger partial charge >= 0.3 is 0 Å². The van der Waals surface area contributed by atoms with Crippen molar-refractivity contribution < 1.29 is 4.79 Å². The molecule has 2 aromatic heterocycles. The number of aromatic nitrogens is 5. The number of benzene rings is 2. The summed E-state index contributed by atoms with van der Waals surface area (Å²) in [6, 6.07) is 13.4. The van der Waals surface area contributed by atoms with Crippen LogP contribution in [-0.2, 0) is 10.5 Å². The molecule has 1 amide bonds. The van der Waals surface area contributed by atoms with Gasteiger partial charge in [0.2, 0.25) is 11.1 Å². The van der Waals surface area contributed by atoms with Crippen molar-refractivity contribution >= 4 is 51.4 Å². The number of hydrogen-bond donors (Lipinski definition) is 0. The minimum absolute atomic E-state index is 0.0783. The van der Waals surface area contributed by atoms with E-state index in [0.29, 0.717) is 21.1 Å². The van der Waals surface area contributed by atoms with Gasteiger partial charge in [-0.25, -0.2) is 4.98 Å². The Labute approximate surface area is 193 Å². The van der Waals surface area contributed by atoms with Crippen LogP contribution in [0, 0.1) is 13.8 Å². The second-order valence-electron chi connectivity index (χ2n) is 6.91. The Kier molecular flexibility index (Phi) is 6.35. The molecule has 2 aromatic carbocycles. The molecule has 0 saturated heterocycles. The molecule has 2 heterocycles. The molecule has 0 aliphatic rings. The number of halogens is 1. The number of anilines is 2. The highest BCUT2D eigenvalue weighted by molar-refractivity contribution is 7.98. The summed E-state index contributed by atoms with van der Waals surface area (Å²) in [5.74, 6) is 0.487. The van der Waals surface area contributed by atoms with Gasteiger partial charge in [0.15, 0.2) is 5.13 Å². The number of carbonyl (C=O) groups is 1. The van der Waals surface area contributed by atoms with Crippen molar-refractivity contribution in [3.8, 4) is 5.69 Å². The zero-order chi connectivity index (χ0) is 22.0. The Morgan fingerprint density at radius 1 is 1.23 bits per heavy atom. The fourth-order valence-corrected chi connectivity index (χ4v) is 5.06. The Bertz CT molecular complexity index is 1240. The lowest BCUT2D eigenvalue weighted by Crippen LogP contribution is -2.23. The van der Waals surface area contributed by atoms with Crippen molar-refractivity contribution in [2.75, 3.05) is 4.90 Å². The monoisotopic (exact) mass is 470 g/mol. The lowest BCUT2D eigenvalue weighted by atomic mass is 10.1. The Balaban J connectivity index is 1.53. The van der Waals surface area contributed by atoms with Gasteiger partial charge in [0.1, 0.15) is 0 Å². The third-order valence-corrected chi connectivity index (χ3v) is 6.54. The molecule has 158 valence electrons. The summed E-state index contributed by atoms with van der Waals surface area (Å²) >= 11 is 8.99. The molecule has 0 aliphatic carbocycles. The largest absolute Gasteiger partial charge is 0.274 e. The normalized spacial score (nSPS) is 11.0. The van der Waals surface area contributed by atoms with E-state index in [1.807, 2.05) is 43.5 Å². The topological polar surface area (TPSA) is 76.8 Å². The van der Waals surface area contributed by atoms with E-state index in [2.05, 4.69) is 21.6 Å². The lowest BCUT2D eigenvalue weighted by molar-refractivity contribution is -0.115. The smallest absolute Gasteiger partial charge is 0.230 e. The predicted octanol–water partition coefficient (Wildman–Crippen LogP) is 5.37. The van der Waals surface area contributed by atoms with Crippen LogP contribution in [0.2, 0.25) is 5.02 Å².